The Hall–Kier alpha value is -1.42. The van der Waals surface area contributed by atoms with Gasteiger partial charge in [-0.15, -0.1) is 0 Å². The largest absolute Gasteiger partial charge is 0.478 e. The highest BCUT2D eigenvalue weighted by Gasteiger charge is 2.11. The van der Waals surface area contributed by atoms with Crippen molar-refractivity contribution in [2.75, 3.05) is 0 Å². The van der Waals surface area contributed by atoms with Crippen molar-refractivity contribution < 1.29 is 14.3 Å². The molecule has 3 nitrogen and oxygen atoms in total. The molecule has 70 valence electrons. The number of carboxylic acids is 1. The minimum absolute atomic E-state index is 0.293. The maximum absolute atomic E-state index is 12.9. The van der Waals surface area contributed by atoms with Crippen LogP contribution in [0.15, 0.2) is 18.2 Å². The van der Waals surface area contributed by atoms with Gasteiger partial charge in [-0.3, -0.25) is 0 Å². The van der Waals surface area contributed by atoms with E-state index in [4.69, 9.17) is 10.8 Å². The smallest absolute Gasteiger partial charge is 0.338 e. The number of nitrogens with two attached hydrogens (primary N) is 1. The molecule has 0 radical (unpaired) electrons. The monoisotopic (exact) mass is 183 g/mol. The Kier molecular flexibility index (Phi) is 2.63. The zero-order valence-corrected chi connectivity index (χ0v) is 7.12. The second-order valence-corrected chi connectivity index (χ2v) is 2.83. The third-order valence-corrected chi connectivity index (χ3v) is 1.75. The van der Waals surface area contributed by atoms with Gasteiger partial charge < -0.3 is 10.8 Å². The summed E-state index contributed by atoms with van der Waals surface area (Å²) in [7, 11) is 0. The minimum Gasteiger partial charge on any atom is -0.478 e. The standard InChI is InChI=1S/C9H10FNO2/c1-5(11)6-2-3-8(10)7(4-6)9(12)13/h2-5H,11H2,1H3,(H,12,13)/t5-/m0/s1. The molecule has 0 bridgehead atoms. The lowest BCUT2D eigenvalue weighted by Gasteiger charge is -2.06. The van der Waals surface area contributed by atoms with E-state index in [0.717, 1.165) is 6.07 Å². The fourth-order valence-electron chi connectivity index (χ4n) is 0.990. The number of aromatic carboxylic acids is 1. The topological polar surface area (TPSA) is 63.3 Å². The molecule has 1 aromatic rings. The van der Waals surface area contributed by atoms with Crippen molar-refractivity contribution in [2.24, 2.45) is 5.73 Å². The minimum atomic E-state index is -1.28. The quantitative estimate of drug-likeness (QED) is 0.731. The number of hydrogen-bond acceptors (Lipinski definition) is 2. The van der Waals surface area contributed by atoms with Gasteiger partial charge >= 0.3 is 5.97 Å². The molecule has 0 saturated carbocycles. The first-order valence-corrected chi connectivity index (χ1v) is 3.80. The average molecular weight is 183 g/mol. The highest BCUT2D eigenvalue weighted by Crippen LogP contribution is 2.15. The van der Waals surface area contributed by atoms with Crippen LogP contribution < -0.4 is 5.73 Å². The van der Waals surface area contributed by atoms with Gasteiger partial charge in [0.15, 0.2) is 0 Å². The summed E-state index contributed by atoms with van der Waals surface area (Å²) >= 11 is 0. The summed E-state index contributed by atoms with van der Waals surface area (Å²) < 4.78 is 12.9. The van der Waals surface area contributed by atoms with Crippen LogP contribution in [0.4, 0.5) is 4.39 Å². The van der Waals surface area contributed by atoms with Gasteiger partial charge in [0.1, 0.15) is 5.82 Å². The van der Waals surface area contributed by atoms with Gasteiger partial charge in [-0.1, -0.05) is 6.07 Å². The molecule has 1 atom stereocenters. The molecule has 4 heteroatoms. The van der Waals surface area contributed by atoms with E-state index in [9.17, 15) is 9.18 Å². The Bertz CT molecular complexity index is 336. The second kappa shape index (κ2) is 3.53. The number of carbonyl (C=O) groups is 1. The highest BCUT2D eigenvalue weighted by atomic mass is 19.1. The lowest BCUT2D eigenvalue weighted by atomic mass is 10.1. The van der Waals surface area contributed by atoms with Gasteiger partial charge in [-0.25, -0.2) is 9.18 Å². The van der Waals surface area contributed by atoms with Gasteiger partial charge in [0.2, 0.25) is 0 Å². The van der Waals surface area contributed by atoms with Crippen molar-refractivity contribution in [3.63, 3.8) is 0 Å². The molecule has 3 N–H and O–H groups in total. The maximum Gasteiger partial charge on any atom is 0.338 e. The van der Waals surface area contributed by atoms with Crippen LogP contribution in [0.1, 0.15) is 28.9 Å². The molecule has 0 amide bonds. The first-order chi connectivity index (χ1) is 6.02. The summed E-state index contributed by atoms with van der Waals surface area (Å²) in [6.07, 6.45) is 0. The van der Waals surface area contributed by atoms with Gasteiger partial charge in [0.25, 0.3) is 0 Å². The molecule has 0 saturated heterocycles. The molecule has 0 aliphatic heterocycles. The Morgan fingerprint density at radius 2 is 2.23 bits per heavy atom. The lowest BCUT2D eigenvalue weighted by Crippen LogP contribution is -2.08. The van der Waals surface area contributed by atoms with E-state index in [1.165, 1.54) is 12.1 Å². The first-order valence-electron chi connectivity index (χ1n) is 3.80. The number of halogens is 1. The van der Waals surface area contributed by atoms with Crippen LogP contribution in [0.25, 0.3) is 0 Å². The van der Waals surface area contributed by atoms with Crippen LogP contribution in [-0.2, 0) is 0 Å². The van der Waals surface area contributed by atoms with Crippen molar-refractivity contribution in [3.05, 3.63) is 35.1 Å². The third kappa shape index (κ3) is 2.03. The van der Waals surface area contributed by atoms with Gasteiger partial charge in [-0.05, 0) is 24.6 Å². The van der Waals surface area contributed by atoms with E-state index < -0.39 is 11.8 Å². The van der Waals surface area contributed by atoms with Crippen LogP contribution in [0, 0.1) is 5.82 Å². The second-order valence-electron chi connectivity index (χ2n) is 2.83. The highest BCUT2D eigenvalue weighted by molar-refractivity contribution is 5.88. The fourth-order valence-corrected chi connectivity index (χ4v) is 0.990. The molecule has 13 heavy (non-hydrogen) atoms. The number of rotatable bonds is 2. The fraction of sp³-hybridized carbons (Fsp3) is 0.222. The van der Waals surface area contributed by atoms with Crippen LogP contribution in [-0.4, -0.2) is 11.1 Å². The Labute approximate surface area is 75.0 Å². The van der Waals surface area contributed by atoms with Crippen molar-refractivity contribution in [3.8, 4) is 0 Å². The third-order valence-electron chi connectivity index (χ3n) is 1.75. The van der Waals surface area contributed by atoms with Crippen molar-refractivity contribution >= 4 is 5.97 Å². The van der Waals surface area contributed by atoms with E-state index >= 15 is 0 Å². The van der Waals surface area contributed by atoms with Gasteiger partial charge in [0, 0.05) is 6.04 Å². The van der Waals surface area contributed by atoms with Gasteiger partial charge in [0.05, 0.1) is 5.56 Å². The molecule has 1 aromatic carbocycles. The summed E-state index contributed by atoms with van der Waals surface area (Å²) in [4.78, 5) is 10.5. The predicted molar refractivity (Wildman–Crippen MR) is 46.0 cm³/mol. The molecule has 0 heterocycles. The van der Waals surface area contributed by atoms with Crippen LogP contribution >= 0.6 is 0 Å². The molecule has 1 rings (SSSR count). The molecule has 0 aliphatic carbocycles. The van der Waals surface area contributed by atoms with Crippen molar-refractivity contribution in [1.82, 2.24) is 0 Å². The van der Waals surface area contributed by atoms with Gasteiger partial charge in [-0.2, -0.15) is 0 Å². The van der Waals surface area contributed by atoms with Crippen LogP contribution in [0.3, 0.4) is 0 Å². The Morgan fingerprint density at radius 1 is 1.62 bits per heavy atom. The molecule has 0 aromatic heterocycles. The SMILES string of the molecule is C[C@H](N)c1ccc(F)c(C(=O)O)c1. The van der Waals surface area contributed by atoms with E-state index in [1.54, 1.807) is 6.92 Å². The number of benzene rings is 1. The van der Waals surface area contributed by atoms with Crippen molar-refractivity contribution in [2.45, 2.75) is 13.0 Å². The number of carboxylic acid groups (broad SMARTS) is 1. The Balaban J connectivity index is 3.19. The average Bonchev–Trinajstić information content (AvgIpc) is 2.04. The summed E-state index contributed by atoms with van der Waals surface area (Å²) in [5.74, 6) is -2.02. The molecular formula is C9H10FNO2. The summed E-state index contributed by atoms with van der Waals surface area (Å²) in [5.41, 5.74) is 5.79. The number of hydrogen-bond donors (Lipinski definition) is 2. The van der Waals surface area contributed by atoms with Crippen LogP contribution in [0.2, 0.25) is 0 Å². The zero-order valence-electron chi connectivity index (χ0n) is 7.12. The Morgan fingerprint density at radius 3 is 2.69 bits per heavy atom. The molecule has 0 fully saturated rings. The molecular weight excluding hydrogens is 173 g/mol. The first kappa shape index (κ1) is 9.67. The molecule has 0 aliphatic rings. The predicted octanol–water partition coefficient (Wildman–Crippen LogP) is 1.54. The lowest BCUT2D eigenvalue weighted by molar-refractivity contribution is 0.0692. The van der Waals surface area contributed by atoms with E-state index in [2.05, 4.69) is 0 Å². The zero-order chi connectivity index (χ0) is 10.0. The summed E-state index contributed by atoms with van der Waals surface area (Å²) in [6.45, 7) is 1.71. The van der Waals surface area contributed by atoms with E-state index in [0.29, 0.717) is 5.56 Å². The molecule has 0 unspecified atom stereocenters. The van der Waals surface area contributed by atoms with Crippen LogP contribution in [0.5, 0.6) is 0 Å². The summed E-state index contributed by atoms with van der Waals surface area (Å²) in [5, 5.41) is 8.59. The summed E-state index contributed by atoms with van der Waals surface area (Å²) in [6, 6.07) is 3.55. The molecule has 0 spiro atoms. The maximum atomic E-state index is 12.9. The normalized spacial score (nSPS) is 12.5. The van der Waals surface area contributed by atoms with Crippen molar-refractivity contribution in [1.29, 1.82) is 0 Å². The van der Waals surface area contributed by atoms with E-state index in [-0.39, 0.29) is 11.6 Å². The van der Waals surface area contributed by atoms with E-state index in [1.807, 2.05) is 0 Å².